The third kappa shape index (κ3) is 5.21. The maximum atomic E-state index is 13.6. The van der Waals surface area contributed by atoms with Crippen molar-refractivity contribution >= 4 is 22.6 Å². The van der Waals surface area contributed by atoms with Gasteiger partial charge < -0.3 is 15.8 Å². The zero-order valence-corrected chi connectivity index (χ0v) is 18.9. The van der Waals surface area contributed by atoms with Gasteiger partial charge in [0, 0.05) is 30.3 Å². The summed E-state index contributed by atoms with van der Waals surface area (Å²) >= 11 is 0. The molecule has 10 heteroatoms. The van der Waals surface area contributed by atoms with Gasteiger partial charge in [-0.2, -0.15) is 13.2 Å². The molecule has 4 aromatic rings. The van der Waals surface area contributed by atoms with Crippen molar-refractivity contribution in [1.82, 2.24) is 9.55 Å². The minimum absolute atomic E-state index is 0.231. The largest absolute Gasteiger partial charge is 0.457 e. The lowest BCUT2D eigenvalue weighted by molar-refractivity contribution is -0.131. The minimum Gasteiger partial charge on any atom is -0.457 e. The molecule has 0 aliphatic rings. The number of nitrogens with zero attached hydrogens (tertiary/aromatic N) is 2. The van der Waals surface area contributed by atoms with Crippen molar-refractivity contribution in [2.45, 2.75) is 26.4 Å². The molecule has 0 unspecified atom stereocenters. The molecule has 1 amide bonds. The Morgan fingerprint density at radius 3 is 2.54 bits per heavy atom. The fraction of sp³-hybridized carbons (Fsp3) is 0.200. The van der Waals surface area contributed by atoms with Crippen LogP contribution in [0.2, 0.25) is 0 Å². The third-order valence-corrected chi connectivity index (χ3v) is 5.66. The summed E-state index contributed by atoms with van der Waals surface area (Å²) in [6.07, 6.45) is -3.81. The van der Waals surface area contributed by atoms with Crippen molar-refractivity contribution in [3.05, 3.63) is 77.4 Å². The first-order valence-electron chi connectivity index (χ1n) is 10.7. The molecule has 4 rings (SSSR count). The Labute approximate surface area is 198 Å². The molecule has 1 heterocycles. The number of halogens is 4. The molecule has 1 aromatic heterocycles. The molecule has 0 saturated carbocycles. The average Bonchev–Trinajstić information content (AvgIpc) is 3.18. The molecule has 182 valence electrons. The second-order valence-corrected chi connectivity index (χ2v) is 8.05. The highest BCUT2D eigenvalue weighted by Gasteiger charge is 2.26. The molecule has 0 saturated heterocycles. The van der Waals surface area contributed by atoms with Crippen LogP contribution >= 0.6 is 0 Å². The summed E-state index contributed by atoms with van der Waals surface area (Å²) in [7, 11) is 0. The van der Waals surface area contributed by atoms with Gasteiger partial charge >= 0.3 is 6.18 Å². The number of carbonyl (C=O) groups is 1. The number of alkyl halides is 3. The number of hydrogen-bond acceptors (Lipinski definition) is 4. The first-order valence-corrected chi connectivity index (χ1v) is 10.7. The van der Waals surface area contributed by atoms with E-state index in [1.54, 1.807) is 35.8 Å². The van der Waals surface area contributed by atoms with E-state index in [2.05, 4.69) is 10.3 Å². The number of aromatic nitrogens is 2. The molecule has 0 spiro atoms. The van der Waals surface area contributed by atoms with Crippen molar-refractivity contribution in [2.24, 2.45) is 5.73 Å². The average molecular weight is 486 g/mol. The van der Waals surface area contributed by atoms with E-state index in [1.807, 2.05) is 6.92 Å². The third-order valence-electron chi connectivity index (χ3n) is 5.66. The Morgan fingerprint density at radius 2 is 1.86 bits per heavy atom. The molecule has 0 atom stereocenters. The second kappa shape index (κ2) is 9.28. The maximum absolute atomic E-state index is 13.6. The molecule has 0 fully saturated rings. The van der Waals surface area contributed by atoms with Crippen molar-refractivity contribution in [1.29, 1.82) is 0 Å². The number of anilines is 1. The van der Waals surface area contributed by atoms with Crippen LogP contribution in [0.5, 0.6) is 11.5 Å². The molecule has 0 aliphatic carbocycles. The van der Waals surface area contributed by atoms with Gasteiger partial charge in [0.1, 0.15) is 29.2 Å². The number of amides is 1. The number of carbonyl (C=O) groups excluding carboxylic acids is 1. The quantitative estimate of drug-likeness (QED) is 0.312. The predicted molar refractivity (Wildman–Crippen MR) is 125 cm³/mol. The Balaban J connectivity index is 1.82. The Morgan fingerprint density at radius 1 is 1.09 bits per heavy atom. The maximum Gasteiger partial charge on any atom is 0.390 e. The van der Waals surface area contributed by atoms with E-state index in [9.17, 15) is 22.4 Å². The van der Waals surface area contributed by atoms with E-state index in [0.717, 1.165) is 5.56 Å². The lowest BCUT2D eigenvalue weighted by Crippen LogP contribution is -2.15. The summed E-state index contributed by atoms with van der Waals surface area (Å²) < 4.78 is 59.4. The fourth-order valence-corrected chi connectivity index (χ4v) is 3.82. The lowest BCUT2D eigenvalue weighted by atomic mass is 10.0. The molecule has 3 N–H and O–H groups in total. The van der Waals surface area contributed by atoms with Crippen LogP contribution in [0.4, 0.5) is 23.2 Å². The van der Waals surface area contributed by atoms with Crippen LogP contribution in [-0.4, -0.2) is 28.2 Å². The van der Waals surface area contributed by atoms with Crippen LogP contribution in [-0.2, 0) is 0 Å². The van der Waals surface area contributed by atoms with Gasteiger partial charge in [-0.3, -0.25) is 9.36 Å². The van der Waals surface area contributed by atoms with Crippen molar-refractivity contribution in [2.75, 3.05) is 11.9 Å². The molecule has 0 bridgehead atoms. The monoisotopic (exact) mass is 486 g/mol. The number of fused-ring (bicyclic) bond motifs is 1. The number of benzene rings is 3. The van der Waals surface area contributed by atoms with Crippen molar-refractivity contribution < 1.29 is 27.1 Å². The van der Waals surface area contributed by atoms with E-state index < -0.39 is 24.3 Å². The van der Waals surface area contributed by atoms with Crippen molar-refractivity contribution in [3.63, 3.8) is 0 Å². The smallest absolute Gasteiger partial charge is 0.390 e. The topological polar surface area (TPSA) is 82.2 Å². The van der Waals surface area contributed by atoms with Gasteiger partial charge in [-0.15, -0.1) is 0 Å². The van der Waals surface area contributed by atoms with E-state index in [1.165, 1.54) is 30.6 Å². The number of rotatable bonds is 7. The Hall–Kier alpha value is -4.08. The highest BCUT2D eigenvalue weighted by Crippen LogP contribution is 2.34. The standard InChI is InChI=1S/C25H22F4N4O2/c1-14-15(2)21(7-6-19(14)24(30)34)33-13-32-23-20(31-9-8-25(27,28)29)11-18(12-22(23)33)35-17-5-3-4-16(26)10-17/h3-7,10-13,31H,8-9H2,1-2H3,(H2,30,34). The highest BCUT2D eigenvalue weighted by molar-refractivity contribution is 5.95. The van der Waals surface area contributed by atoms with E-state index >= 15 is 0 Å². The van der Waals surface area contributed by atoms with Gasteiger partial charge in [0.05, 0.1) is 23.3 Å². The van der Waals surface area contributed by atoms with Crippen LogP contribution in [0, 0.1) is 19.7 Å². The first kappa shape index (κ1) is 24.1. The van der Waals surface area contributed by atoms with Crippen LogP contribution in [0.25, 0.3) is 16.7 Å². The van der Waals surface area contributed by atoms with E-state index in [-0.39, 0.29) is 18.0 Å². The zero-order valence-electron chi connectivity index (χ0n) is 18.9. The van der Waals surface area contributed by atoms with Gasteiger partial charge in [0.2, 0.25) is 5.91 Å². The van der Waals surface area contributed by atoms with Gasteiger partial charge in [0.15, 0.2) is 0 Å². The van der Waals surface area contributed by atoms with E-state index in [4.69, 9.17) is 10.5 Å². The fourth-order valence-electron chi connectivity index (χ4n) is 3.82. The second-order valence-electron chi connectivity index (χ2n) is 8.05. The first-order chi connectivity index (χ1) is 16.5. The minimum atomic E-state index is -4.32. The summed E-state index contributed by atoms with van der Waals surface area (Å²) in [6.45, 7) is 3.25. The molecular formula is C25H22F4N4O2. The Kier molecular flexibility index (Phi) is 6.38. The number of hydrogen-bond donors (Lipinski definition) is 2. The van der Waals surface area contributed by atoms with Gasteiger partial charge in [-0.1, -0.05) is 6.07 Å². The SMILES string of the molecule is Cc1c(C(N)=O)ccc(-n2cnc3c(NCCC(F)(F)F)cc(Oc4cccc(F)c4)cc32)c1C. The summed E-state index contributed by atoms with van der Waals surface area (Å²) in [5.41, 5.74) is 9.34. The molecule has 35 heavy (non-hydrogen) atoms. The molecule has 3 aromatic carbocycles. The predicted octanol–water partition coefficient (Wildman–Crippen LogP) is 6.04. The van der Waals surface area contributed by atoms with Crippen LogP contribution in [0.15, 0.2) is 54.9 Å². The Bertz CT molecular complexity index is 1410. The number of imidazole rings is 1. The summed E-state index contributed by atoms with van der Waals surface area (Å²) in [4.78, 5) is 16.1. The molecule has 6 nitrogen and oxygen atoms in total. The molecule has 0 radical (unpaired) electrons. The van der Waals surface area contributed by atoms with Crippen LogP contribution in [0.1, 0.15) is 27.9 Å². The molecule has 0 aliphatic heterocycles. The van der Waals surface area contributed by atoms with Crippen LogP contribution in [0.3, 0.4) is 0 Å². The number of ether oxygens (including phenoxy) is 1. The number of nitrogens with two attached hydrogens (primary N) is 1. The highest BCUT2D eigenvalue weighted by atomic mass is 19.4. The van der Waals surface area contributed by atoms with Gasteiger partial charge in [-0.25, -0.2) is 9.37 Å². The zero-order chi connectivity index (χ0) is 25.3. The van der Waals surface area contributed by atoms with Crippen LogP contribution < -0.4 is 15.8 Å². The lowest BCUT2D eigenvalue weighted by Gasteiger charge is -2.15. The normalized spacial score (nSPS) is 11.6. The van der Waals surface area contributed by atoms with E-state index in [0.29, 0.717) is 33.5 Å². The molecular weight excluding hydrogens is 464 g/mol. The van der Waals surface area contributed by atoms with Gasteiger partial charge in [0.25, 0.3) is 0 Å². The summed E-state index contributed by atoms with van der Waals surface area (Å²) in [6, 6.07) is 12.1. The van der Waals surface area contributed by atoms with Crippen molar-refractivity contribution in [3.8, 4) is 17.2 Å². The summed E-state index contributed by atoms with van der Waals surface area (Å²) in [5, 5.41) is 2.79. The number of primary amides is 1. The summed E-state index contributed by atoms with van der Waals surface area (Å²) in [5.74, 6) is -0.524. The van der Waals surface area contributed by atoms with Gasteiger partial charge in [-0.05, 0) is 49.2 Å². The number of nitrogens with one attached hydrogen (secondary N) is 1.